The van der Waals surface area contributed by atoms with E-state index in [1.165, 1.54) is 28.0 Å². The second-order valence-corrected chi connectivity index (χ2v) is 7.29. The van der Waals surface area contributed by atoms with E-state index < -0.39 is 0 Å². The Morgan fingerprint density at radius 2 is 1.78 bits per heavy atom. The maximum atomic E-state index is 13.4. The van der Waals surface area contributed by atoms with Crippen molar-refractivity contribution in [3.8, 4) is 17.4 Å². The van der Waals surface area contributed by atoms with E-state index in [4.69, 9.17) is 4.74 Å². The second kappa shape index (κ2) is 6.63. The summed E-state index contributed by atoms with van der Waals surface area (Å²) in [5.74, 6) is 0.259. The smallest absolute Gasteiger partial charge is 0.310 e. The number of halogens is 1. The van der Waals surface area contributed by atoms with Gasteiger partial charge in [-0.15, -0.1) is 11.3 Å². The SMILES string of the molecule is Cc1cccc(Oc2nc3c(C)csc3c(=O)n2-c2ccc(F)cc2)c1C. The lowest BCUT2D eigenvalue weighted by Crippen LogP contribution is -2.20. The first-order valence-corrected chi connectivity index (χ1v) is 9.34. The number of fused-ring (bicyclic) bond motifs is 1. The average Bonchev–Trinajstić information content (AvgIpc) is 3.02. The molecule has 4 nitrogen and oxygen atoms in total. The van der Waals surface area contributed by atoms with E-state index in [9.17, 15) is 9.18 Å². The predicted molar refractivity (Wildman–Crippen MR) is 106 cm³/mol. The largest absolute Gasteiger partial charge is 0.425 e. The minimum absolute atomic E-state index is 0.161. The van der Waals surface area contributed by atoms with Gasteiger partial charge in [-0.3, -0.25) is 4.79 Å². The topological polar surface area (TPSA) is 44.1 Å². The molecule has 0 amide bonds. The molecular weight excluding hydrogens is 363 g/mol. The predicted octanol–water partition coefficient (Wildman–Crippen LogP) is 5.30. The molecule has 0 atom stereocenters. The summed E-state index contributed by atoms with van der Waals surface area (Å²) >= 11 is 1.35. The van der Waals surface area contributed by atoms with Crippen molar-refractivity contribution in [1.82, 2.24) is 9.55 Å². The van der Waals surface area contributed by atoms with E-state index >= 15 is 0 Å². The molecule has 0 bridgehead atoms. The molecule has 0 aliphatic rings. The van der Waals surface area contributed by atoms with Crippen molar-refractivity contribution in [3.05, 3.63) is 80.7 Å². The number of thiophene rings is 1. The lowest BCUT2D eigenvalue weighted by Gasteiger charge is -2.15. The van der Waals surface area contributed by atoms with Crippen molar-refractivity contribution < 1.29 is 9.13 Å². The van der Waals surface area contributed by atoms with Crippen LogP contribution in [0.3, 0.4) is 0 Å². The number of benzene rings is 2. The lowest BCUT2D eigenvalue weighted by molar-refractivity contribution is 0.424. The third-order valence-electron chi connectivity index (χ3n) is 4.58. The third kappa shape index (κ3) is 3.02. The van der Waals surface area contributed by atoms with Crippen LogP contribution in [0.1, 0.15) is 16.7 Å². The number of nitrogens with zero attached hydrogens (tertiary/aromatic N) is 2. The first-order chi connectivity index (χ1) is 13.0. The first kappa shape index (κ1) is 17.4. The number of aryl methyl sites for hydroxylation is 2. The van der Waals surface area contributed by atoms with Crippen molar-refractivity contribution in [1.29, 1.82) is 0 Å². The van der Waals surface area contributed by atoms with Crippen LogP contribution in [0.15, 0.2) is 52.6 Å². The van der Waals surface area contributed by atoms with Crippen LogP contribution in [0.25, 0.3) is 15.9 Å². The van der Waals surface area contributed by atoms with Gasteiger partial charge < -0.3 is 4.74 Å². The lowest BCUT2D eigenvalue weighted by atomic mass is 10.1. The van der Waals surface area contributed by atoms with Crippen LogP contribution in [0.5, 0.6) is 11.8 Å². The minimum atomic E-state index is -0.371. The molecule has 0 unspecified atom stereocenters. The van der Waals surface area contributed by atoms with Crippen molar-refractivity contribution in [3.63, 3.8) is 0 Å². The van der Waals surface area contributed by atoms with Gasteiger partial charge in [-0.05, 0) is 73.2 Å². The molecule has 27 heavy (non-hydrogen) atoms. The van der Waals surface area contributed by atoms with Crippen LogP contribution < -0.4 is 10.3 Å². The van der Waals surface area contributed by atoms with Gasteiger partial charge in [0, 0.05) is 0 Å². The third-order valence-corrected chi connectivity index (χ3v) is 5.65. The van der Waals surface area contributed by atoms with Crippen LogP contribution in [0.4, 0.5) is 4.39 Å². The van der Waals surface area contributed by atoms with Crippen molar-refractivity contribution >= 4 is 21.6 Å². The van der Waals surface area contributed by atoms with Gasteiger partial charge in [-0.25, -0.2) is 8.96 Å². The maximum Gasteiger partial charge on any atom is 0.310 e. The number of hydrogen-bond acceptors (Lipinski definition) is 4. The average molecular weight is 380 g/mol. The Labute approximate surface area is 159 Å². The molecule has 0 N–H and O–H groups in total. The van der Waals surface area contributed by atoms with Gasteiger partial charge in [-0.2, -0.15) is 4.98 Å². The van der Waals surface area contributed by atoms with E-state index in [1.54, 1.807) is 12.1 Å². The van der Waals surface area contributed by atoms with Gasteiger partial charge in [0.25, 0.3) is 5.56 Å². The van der Waals surface area contributed by atoms with Crippen molar-refractivity contribution in [2.24, 2.45) is 0 Å². The van der Waals surface area contributed by atoms with Crippen LogP contribution in [-0.2, 0) is 0 Å². The van der Waals surface area contributed by atoms with Crippen LogP contribution in [0.2, 0.25) is 0 Å². The zero-order chi connectivity index (χ0) is 19.1. The number of rotatable bonds is 3. The highest BCUT2D eigenvalue weighted by Crippen LogP contribution is 2.30. The fourth-order valence-electron chi connectivity index (χ4n) is 2.88. The second-order valence-electron chi connectivity index (χ2n) is 6.41. The summed E-state index contributed by atoms with van der Waals surface area (Å²) in [5, 5.41) is 1.90. The molecule has 0 radical (unpaired) electrons. The molecule has 2 aromatic carbocycles. The van der Waals surface area contributed by atoms with Crippen LogP contribution in [0, 0.1) is 26.6 Å². The van der Waals surface area contributed by atoms with E-state index in [0.717, 1.165) is 16.7 Å². The molecule has 2 aromatic heterocycles. The molecule has 0 spiro atoms. The maximum absolute atomic E-state index is 13.4. The summed E-state index contributed by atoms with van der Waals surface area (Å²) in [6.07, 6.45) is 0. The minimum Gasteiger partial charge on any atom is -0.425 e. The molecule has 2 heterocycles. The monoisotopic (exact) mass is 380 g/mol. The summed E-state index contributed by atoms with van der Waals surface area (Å²) in [7, 11) is 0. The number of ether oxygens (including phenoxy) is 1. The zero-order valence-electron chi connectivity index (χ0n) is 15.1. The Morgan fingerprint density at radius 3 is 2.52 bits per heavy atom. The van der Waals surface area contributed by atoms with E-state index in [1.807, 2.05) is 44.4 Å². The van der Waals surface area contributed by atoms with Crippen molar-refractivity contribution in [2.45, 2.75) is 20.8 Å². The van der Waals surface area contributed by atoms with Crippen LogP contribution >= 0.6 is 11.3 Å². The van der Waals surface area contributed by atoms with Gasteiger partial charge in [0.15, 0.2) is 0 Å². The Bertz CT molecular complexity index is 1210. The Hall–Kier alpha value is -2.99. The van der Waals surface area contributed by atoms with Gasteiger partial charge in [0.2, 0.25) is 0 Å². The van der Waals surface area contributed by atoms with Crippen LogP contribution in [-0.4, -0.2) is 9.55 Å². The summed E-state index contributed by atoms with van der Waals surface area (Å²) in [6.45, 7) is 5.86. The molecule has 6 heteroatoms. The summed E-state index contributed by atoms with van der Waals surface area (Å²) in [6, 6.07) is 11.6. The molecule has 0 saturated heterocycles. The van der Waals surface area contributed by atoms with E-state index in [0.29, 0.717) is 21.7 Å². The highest BCUT2D eigenvalue weighted by molar-refractivity contribution is 7.17. The molecule has 4 aromatic rings. The Balaban J connectivity index is 1.98. The van der Waals surface area contributed by atoms with Gasteiger partial charge in [-0.1, -0.05) is 12.1 Å². The fourth-order valence-corrected chi connectivity index (χ4v) is 3.80. The normalized spacial score (nSPS) is 11.1. The molecule has 0 saturated carbocycles. The van der Waals surface area contributed by atoms with E-state index in [-0.39, 0.29) is 17.4 Å². The van der Waals surface area contributed by atoms with Gasteiger partial charge in [0.1, 0.15) is 16.3 Å². The highest BCUT2D eigenvalue weighted by Gasteiger charge is 2.18. The quantitative estimate of drug-likeness (QED) is 0.484. The summed E-state index contributed by atoms with van der Waals surface area (Å²) < 4.78 is 21.4. The summed E-state index contributed by atoms with van der Waals surface area (Å²) in [5.41, 5.74) is 3.87. The number of hydrogen-bond donors (Lipinski definition) is 0. The molecule has 0 fully saturated rings. The first-order valence-electron chi connectivity index (χ1n) is 8.46. The van der Waals surface area contributed by atoms with Crippen molar-refractivity contribution in [2.75, 3.05) is 0 Å². The van der Waals surface area contributed by atoms with Gasteiger partial charge in [0.05, 0.1) is 11.2 Å². The zero-order valence-corrected chi connectivity index (χ0v) is 15.9. The standard InChI is InChI=1S/C21H17FN2O2S/c1-12-5-4-6-17(14(12)3)26-21-23-18-13(2)11-27-19(18)20(25)24(21)16-9-7-15(22)8-10-16/h4-11H,1-3H3. The number of aromatic nitrogens is 2. The molecular formula is C21H17FN2O2S. The van der Waals surface area contributed by atoms with Gasteiger partial charge >= 0.3 is 6.01 Å². The molecule has 0 aliphatic carbocycles. The fraction of sp³-hybridized carbons (Fsp3) is 0.143. The molecule has 4 rings (SSSR count). The highest BCUT2D eigenvalue weighted by atomic mass is 32.1. The summed E-state index contributed by atoms with van der Waals surface area (Å²) in [4.78, 5) is 17.8. The molecule has 0 aliphatic heterocycles. The Morgan fingerprint density at radius 1 is 1.04 bits per heavy atom. The molecule has 136 valence electrons. The van der Waals surface area contributed by atoms with E-state index in [2.05, 4.69) is 4.98 Å². The Kier molecular flexibility index (Phi) is 4.28.